The van der Waals surface area contributed by atoms with E-state index in [1.165, 1.54) is 11.1 Å². The molecule has 2 aromatic carbocycles. The van der Waals surface area contributed by atoms with Crippen LogP contribution in [0.2, 0.25) is 0 Å². The molecule has 2 heterocycles. The summed E-state index contributed by atoms with van der Waals surface area (Å²) in [5, 5.41) is 29.5. The molecule has 0 amide bonds. The van der Waals surface area contributed by atoms with E-state index in [1.807, 2.05) is 24.0 Å². The summed E-state index contributed by atoms with van der Waals surface area (Å²) in [4.78, 5) is 4.32. The highest BCUT2D eigenvalue weighted by molar-refractivity contribution is 7.99. The third kappa shape index (κ3) is 6.16. The van der Waals surface area contributed by atoms with Crippen LogP contribution in [0.15, 0.2) is 54.9 Å². The van der Waals surface area contributed by atoms with Gasteiger partial charge in [-0.3, -0.25) is 4.98 Å². The molecular formula is C33H39NO3S. The Kier molecular flexibility index (Phi) is 9.00. The molecule has 0 aliphatic carbocycles. The third-order valence-electron chi connectivity index (χ3n) is 8.04. The lowest BCUT2D eigenvalue weighted by atomic mass is 9.69. The van der Waals surface area contributed by atoms with Crippen molar-refractivity contribution >= 4 is 11.8 Å². The lowest BCUT2D eigenvalue weighted by Crippen LogP contribution is -2.31. The van der Waals surface area contributed by atoms with Gasteiger partial charge in [-0.25, -0.2) is 0 Å². The molecule has 3 aromatic rings. The van der Waals surface area contributed by atoms with Crippen LogP contribution in [0, 0.1) is 25.7 Å². The fraction of sp³-hybridized carbons (Fsp3) is 0.424. The van der Waals surface area contributed by atoms with Gasteiger partial charge in [0.25, 0.3) is 0 Å². The monoisotopic (exact) mass is 529 g/mol. The first kappa shape index (κ1) is 28.4. The first-order chi connectivity index (χ1) is 18.2. The molecule has 5 heteroatoms. The molecule has 1 aliphatic rings. The second-order valence-corrected chi connectivity index (χ2v) is 11.7. The Bertz CT molecular complexity index is 1330. The van der Waals surface area contributed by atoms with Gasteiger partial charge in [0, 0.05) is 35.4 Å². The quantitative estimate of drug-likeness (QED) is 0.261. The minimum Gasteiger partial charge on any atom is -0.378 e. The van der Waals surface area contributed by atoms with E-state index >= 15 is 0 Å². The molecular weight excluding hydrogens is 490 g/mol. The van der Waals surface area contributed by atoms with Gasteiger partial charge in [-0.2, -0.15) is 11.8 Å². The molecule has 38 heavy (non-hydrogen) atoms. The van der Waals surface area contributed by atoms with Gasteiger partial charge in [-0.15, -0.1) is 0 Å². The number of hydrogen-bond donors (Lipinski definition) is 3. The number of benzene rings is 2. The Hall–Kier alpha value is -2.62. The highest BCUT2D eigenvalue weighted by Gasteiger charge is 2.31. The van der Waals surface area contributed by atoms with Crippen molar-refractivity contribution in [3.63, 3.8) is 0 Å². The van der Waals surface area contributed by atoms with E-state index in [1.54, 1.807) is 6.20 Å². The first-order valence-electron chi connectivity index (χ1n) is 13.6. The normalized spacial score (nSPS) is 15.3. The third-order valence-corrected chi connectivity index (χ3v) is 9.02. The lowest BCUT2D eigenvalue weighted by Gasteiger charge is -2.34. The van der Waals surface area contributed by atoms with Crippen LogP contribution in [-0.2, 0) is 11.8 Å². The van der Waals surface area contributed by atoms with Crippen molar-refractivity contribution in [1.29, 1.82) is 0 Å². The summed E-state index contributed by atoms with van der Waals surface area (Å²) >= 11 is 1.88. The Labute approximate surface area is 231 Å². The van der Waals surface area contributed by atoms with Crippen LogP contribution in [0.25, 0.3) is 11.1 Å². The fourth-order valence-electron chi connectivity index (χ4n) is 5.60. The van der Waals surface area contributed by atoms with E-state index in [0.29, 0.717) is 0 Å². The smallest absolute Gasteiger partial charge is 0.155 e. The van der Waals surface area contributed by atoms with Crippen molar-refractivity contribution in [3.05, 3.63) is 88.2 Å². The maximum Gasteiger partial charge on any atom is 0.155 e. The Morgan fingerprint density at radius 2 is 1.61 bits per heavy atom. The van der Waals surface area contributed by atoms with Gasteiger partial charge < -0.3 is 15.3 Å². The van der Waals surface area contributed by atoms with Gasteiger partial charge in [0.05, 0.1) is 0 Å². The molecule has 1 saturated heterocycles. The molecule has 200 valence electrons. The van der Waals surface area contributed by atoms with E-state index in [0.717, 1.165) is 70.6 Å². The summed E-state index contributed by atoms with van der Waals surface area (Å²) in [6.45, 7) is 8.74. The number of rotatable bonds is 7. The number of aliphatic hydroxyl groups excluding tert-OH is 1. The molecule has 0 unspecified atom stereocenters. The van der Waals surface area contributed by atoms with Crippen LogP contribution < -0.4 is 0 Å². The zero-order valence-electron chi connectivity index (χ0n) is 22.9. The van der Waals surface area contributed by atoms with Gasteiger partial charge in [-0.05, 0) is 96.5 Å². The average molecular weight is 530 g/mol. The van der Waals surface area contributed by atoms with Gasteiger partial charge in [0.2, 0.25) is 0 Å². The summed E-state index contributed by atoms with van der Waals surface area (Å²) in [6.07, 6.45) is 5.67. The lowest BCUT2D eigenvalue weighted by molar-refractivity contribution is -0.0382. The predicted octanol–water partition coefficient (Wildman–Crippen LogP) is 5.93. The second-order valence-electron chi connectivity index (χ2n) is 10.5. The van der Waals surface area contributed by atoms with Gasteiger partial charge >= 0.3 is 0 Å². The van der Waals surface area contributed by atoms with Crippen LogP contribution in [0.4, 0.5) is 0 Å². The van der Waals surface area contributed by atoms with Crippen molar-refractivity contribution in [2.75, 3.05) is 11.5 Å². The number of pyridine rings is 1. The van der Waals surface area contributed by atoms with Crippen LogP contribution in [0.3, 0.4) is 0 Å². The summed E-state index contributed by atoms with van der Waals surface area (Å²) in [7, 11) is 0. The fourth-order valence-corrected chi connectivity index (χ4v) is 6.76. The van der Waals surface area contributed by atoms with E-state index < -0.39 is 11.9 Å². The summed E-state index contributed by atoms with van der Waals surface area (Å²) in [5.74, 6) is 8.38. The molecule has 4 rings (SSSR count). The number of hydrogen-bond acceptors (Lipinski definition) is 5. The highest BCUT2D eigenvalue weighted by Crippen LogP contribution is 2.41. The van der Waals surface area contributed by atoms with E-state index in [-0.39, 0.29) is 11.8 Å². The molecule has 1 fully saturated rings. The zero-order valence-corrected chi connectivity index (χ0v) is 23.7. The van der Waals surface area contributed by atoms with Crippen LogP contribution in [-0.4, -0.2) is 43.7 Å². The molecule has 1 aliphatic heterocycles. The van der Waals surface area contributed by atoms with Crippen LogP contribution >= 0.6 is 11.8 Å². The molecule has 3 N–H and O–H groups in total. The van der Waals surface area contributed by atoms with E-state index in [2.05, 4.69) is 80.9 Å². The average Bonchev–Trinajstić information content (AvgIpc) is 2.89. The number of aliphatic hydroxyl groups is 3. The van der Waals surface area contributed by atoms with Crippen LogP contribution in [0.1, 0.15) is 72.9 Å². The molecule has 1 aromatic heterocycles. The van der Waals surface area contributed by atoms with E-state index in [9.17, 15) is 15.3 Å². The van der Waals surface area contributed by atoms with Crippen molar-refractivity contribution < 1.29 is 15.3 Å². The summed E-state index contributed by atoms with van der Waals surface area (Å²) < 4.78 is 0. The Balaban J connectivity index is 1.66. The Morgan fingerprint density at radius 1 is 0.947 bits per heavy atom. The number of nitrogens with zero attached hydrogens (tertiary/aromatic N) is 1. The van der Waals surface area contributed by atoms with Crippen molar-refractivity contribution in [3.8, 4) is 23.0 Å². The van der Waals surface area contributed by atoms with Crippen molar-refractivity contribution in [1.82, 2.24) is 4.98 Å². The minimum absolute atomic E-state index is 0.125. The SMILES string of the molecule is CCC(CC)(c1ccc(C#CC2(O)CCSCC2)c(C)c1)c1ccc(-c2cncc(CC(O)O)c2)c(C)c1. The topological polar surface area (TPSA) is 73.6 Å². The summed E-state index contributed by atoms with van der Waals surface area (Å²) in [5.41, 5.74) is 7.72. The largest absolute Gasteiger partial charge is 0.378 e. The van der Waals surface area contributed by atoms with Crippen LogP contribution in [0.5, 0.6) is 0 Å². The molecule has 0 saturated carbocycles. The number of thioether (sulfide) groups is 1. The molecule has 0 atom stereocenters. The van der Waals surface area contributed by atoms with Gasteiger partial charge in [0.15, 0.2) is 6.29 Å². The molecule has 0 radical (unpaired) electrons. The second kappa shape index (κ2) is 12.1. The van der Waals surface area contributed by atoms with E-state index in [4.69, 9.17) is 0 Å². The van der Waals surface area contributed by atoms with Crippen molar-refractivity contribution in [2.45, 2.75) is 77.1 Å². The summed E-state index contributed by atoms with van der Waals surface area (Å²) in [6, 6.07) is 15.3. The number of aryl methyl sites for hydroxylation is 2. The molecule has 0 spiro atoms. The molecule has 0 bridgehead atoms. The van der Waals surface area contributed by atoms with Gasteiger partial charge in [0.1, 0.15) is 5.60 Å². The van der Waals surface area contributed by atoms with Gasteiger partial charge in [-0.1, -0.05) is 56.0 Å². The standard InChI is InChI=1S/C33H39NO3S/c1-5-33(6-2,28-8-7-26(23(3)17-28)11-12-32(37)13-15-38-16-14-32)29-9-10-30(24(4)18-29)27-19-25(20-31(35)36)21-34-22-27/h7-10,17-19,21-22,31,35-37H,5-6,13-16,20H2,1-4H3. The maximum atomic E-state index is 10.8. The maximum absolute atomic E-state index is 10.8. The predicted molar refractivity (Wildman–Crippen MR) is 157 cm³/mol. The number of aromatic nitrogens is 1. The van der Waals surface area contributed by atoms with Crippen molar-refractivity contribution in [2.24, 2.45) is 0 Å². The first-order valence-corrected chi connectivity index (χ1v) is 14.7. The highest BCUT2D eigenvalue weighted by atomic mass is 32.2. The minimum atomic E-state index is -1.39. The zero-order chi connectivity index (χ0) is 27.3. The Morgan fingerprint density at radius 3 is 2.21 bits per heavy atom. The molecule has 4 nitrogen and oxygen atoms in total.